The number of rotatable bonds is 6. The number of hydrogen-bond donors (Lipinski definition) is 0. The molecule has 172 valence electrons. The van der Waals surface area contributed by atoms with Crippen LogP contribution < -0.4 is 10.6 Å². The molecule has 3 saturated carbocycles. The van der Waals surface area contributed by atoms with Crippen molar-refractivity contribution in [3.8, 4) is 0 Å². The summed E-state index contributed by atoms with van der Waals surface area (Å²) < 4.78 is 7.10. The number of benzene rings is 2. The van der Waals surface area contributed by atoms with Gasteiger partial charge >= 0.3 is 0 Å². The lowest BCUT2D eigenvalue weighted by molar-refractivity contribution is 0.177. The molecule has 32 heavy (non-hydrogen) atoms. The smallest absolute Gasteiger partial charge is 0.0924 e. The van der Waals surface area contributed by atoms with Gasteiger partial charge in [0.2, 0.25) is 0 Å². The minimum absolute atomic E-state index is 0.438. The molecular weight excluding hydrogens is 407 g/mol. The minimum Gasteiger partial charge on any atom is -0.346 e. The summed E-state index contributed by atoms with van der Waals surface area (Å²) in [7, 11) is -0.757. The summed E-state index contributed by atoms with van der Waals surface area (Å²) in [4.78, 5) is 0. The fourth-order valence-corrected chi connectivity index (χ4v) is 8.71. The van der Waals surface area contributed by atoms with E-state index in [2.05, 4.69) is 48.5 Å². The number of hydrogen-bond acceptors (Lipinski definition) is 1. The van der Waals surface area contributed by atoms with E-state index in [-0.39, 0.29) is 0 Å². The second-order valence-electron chi connectivity index (χ2n) is 10.4. The highest BCUT2D eigenvalue weighted by molar-refractivity contribution is 7.68. The van der Waals surface area contributed by atoms with Gasteiger partial charge < -0.3 is 4.52 Å². The maximum Gasteiger partial charge on any atom is 0.0924 e. The normalized spacial score (nSPS) is 22.6. The monoisotopic (exact) mass is 448 g/mol. The Morgan fingerprint density at radius 2 is 1.16 bits per heavy atom. The van der Waals surface area contributed by atoms with Crippen molar-refractivity contribution in [1.29, 1.82) is 0 Å². The fraction of sp³-hybridized carbons (Fsp3) is 0.600. The zero-order chi connectivity index (χ0) is 21.6. The first kappa shape index (κ1) is 22.6. The van der Waals surface area contributed by atoms with Crippen LogP contribution in [-0.2, 0) is 4.52 Å². The molecule has 0 aliphatic heterocycles. The molecule has 0 spiro atoms. The van der Waals surface area contributed by atoms with E-state index >= 15 is 0 Å². The summed E-state index contributed by atoms with van der Waals surface area (Å²) in [5.74, 6) is 1.50. The molecule has 0 bridgehead atoms. The summed E-state index contributed by atoms with van der Waals surface area (Å²) in [6.07, 6.45) is 20.9. The highest BCUT2D eigenvalue weighted by Crippen LogP contribution is 2.47. The van der Waals surface area contributed by atoms with Crippen LogP contribution in [0.15, 0.2) is 48.5 Å². The molecule has 0 N–H and O–H groups in total. The van der Waals surface area contributed by atoms with Crippen molar-refractivity contribution in [2.45, 2.75) is 114 Å². The Hall–Kier alpha value is -1.17. The van der Waals surface area contributed by atoms with Crippen molar-refractivity contribution < 1.29 is 4.52 Å². The summed E-state index contributed by atoms with van der Waals surface area (Å²) in [6.45, 7) is 0. The van der Waals surface area contributed by atoms with Gasteiger partial charge in [-0.05, 0) is 61.5 Å². The summed E-state index contributed by atoms with van der Waals surface area (Å²) >= 11 is 0. The quantitative estimate of drug-likeness (QED) is 0.403. The lowest BCUT2D eigenvalue weighted by atomic mass is 9.76. The molecule has 1 unspecified atom stereocenters. The highest BCUT2D eigenvalue weighted by atomic mass is 31.1. The third-order valence-corrected chi connectivity index (χ3v) is 10.3. The average molecular weight is 449 g/mol. The molecule has 3 aliphatic carbocycles. The molecule has 2 aromatic carbocycles. The van der Waals surface area contributed by atoms with E-state index < -0.39 is 8.15 Å². The summed E-state index contributed by atoms with van der Waals surface area (Å²) in [6, 6.07) is 18.5. The molecular formula is C30H41OP. The Morgan fingerprint density at radius 3 is 1.81 bits per heavy atom. The third kappa shape index (κ3) is 5.31. The molecule has 3 aliphatic rings. The van der Waals surface area contributed by atoms with Crippen LogP contribution in [0.2, 0.25) is 0 Å². The first-order valence-electron chi connectivity index (χ1n) is 13.5. The van der Waals surface area contributed by atoms with Crippen molar-refractivity contribution in [3.63, 3.8) is 0 Å². The highest BCUT2D eigenvalue weighted by Gasteiger charge is 2.31. The predicted octanol–water partition coefficient (Wildman–Crippen LogP) is 8.48. The molecule has 5 rings (SSSR count). The van der Waals surface area contributed by atoms with Crippen LogP contribution in [0.1, 0.15) is 119 Å². The van der Waals surface area contributed by atoms with E-state index in [1.54, 1.807) is 16.4 Å². The molecule has 3 fully saturated rings. The zero-order valence-electron chi connectivity index (χ0n) is 19.8. The molecule has 0 radical (unpaired) electrons. The van der Waals surface area contributed by atoms with Gasteiger partial charge in [0.05, 0.1) is 14.3 Å². The van der Waals surface area contributed by atoms with E-state index in [1.807, 2.05) is 0 Å². The van der Waals surface area contributed by atoms with E-state index in [0.717, 1.165) is 11.8 Å². The molecule has 0 aromatic heterocycles. The second kappa shape index (κ2) is 11.3. The van der Waals surface area contributed by atoms with Crippen molar-refractivity contribution in [3.05, 3.63) is 59.7 Å². The molecule has 1 atom stereocenters. The van der Waals surface area contributed by atoms with Crippen LogP contribution in [-0.4, -0.2) is 6.10 Å². The summed E-state index contributed by atoms with van der Waals surface area (Å²) in [5, 5.41) is 2.97. The van der Waals surface area contributed by atoms with Crippen LogP contribution >= 0.6 is 8.15 Å². The Balaban J connectivity index is 1.57. The van der Waals surface area contributed by atoms with Crippen LogP contribution in [0.4, 0.5) is 0 Å². The van der Waals surface area contributed by atoms with Gasteiger partial charge in [0.25, 0.3) is 0 Å². The Kier molecular flexibility index (Phi) is 7.99. The maximum atomic E-state index is 7.10. The Labute approximate surface area is 197 Å². The van der Waals surface area contributed by atoms with Gasteiger partial charge in [-0.25, -0.2) is 0 Å². The third-order valence-electron chi connectivity index (χ3n) is 8.19. The lowest BCUT2D eigenvalue weighted by Crippen LogP contribution is -2.27. The zero-order valence-corrected chi connectivity index (χ0v) is 20.7. The van der Waals surface area contributed by atoms with Gasteiger partial charge in [-0.15, -0.1) is 0 Å². The van der Waals surface area contributed by atoms with Gasteiger partial charge in [-0.2, -0.15) is 0 Å². The lowest BCUT2D eigenvalue weighted by Gasteiger charge is -2.35. The maximum absolute atomic E-state index is 7.10. The van der Waals surface area contributed by atoms with Gasteiger partial charge in [0.1, 0.15) is 0 Å². The summed E-state index contributed by atoms with van der Waals surface area (Å²) in [5.41, 5.74) is 3.43. The van der Waals surface area contributed by atoms with Crippen LogP contribution in [0, 0.1) is 0 Å². The van der Waals surface area contributed by atoms with E-state index in [9.17, 15) is 0 Å². The topological polar surface area (TPSA) is 9.23 Å². The van der Waals surface area contributed by atoms with E-state index in [0.29, 0.717) is 6.10 Å². The molecule has 2 aromatic rings. The molecule has 1 nitrogen and oxygen atoms in total. The van der Waals surface area contributed by atoms with E-state index in [4.69, 9.17) is 4.52 Å². The molecule has 0 saturated heterocycles. The van der Waals surface area contributed by atoms with Crippen LogP contribution in [0.25, 0.3) is 0 Å². The fourth-order valence-electron chi connectivity index (χ4n) is 6.49. The van der Waals surface area contributed by atoms with Gasteiger partial charge in [0, 0.05) is 10.6 Å². The average Bonchev–Trinajstić information content (AvgIpc) is 2.89. The molecule has 0 amide bonds. The van der Waals surface area contributed by atoms with E-state index in [1.165, 1.54) is 102 Å². The van der Waals surface area contributed by atoms with Crippen molar-refractivity contribution in [1.82, 2.24) is 0 Å². The predicted molar refractivity (Wildman–Crippen MR) is 139 cm³/mol. The van der Waals surface area contributed by atoms with Gasteiger partial charge in [-0.1, -0.05) is 106 Å². The Morgan fingerprint density at radius 1 is 0.562 bits per heavy atom. The molecule has 0 heterocycles. The Bertz CT molecular complexity index is 829. The second-order valence-corrected chi connectivity index (χ2v) is 12.2. The van der Waals surface area contributed by atoms with Gasteiger partial charge in [-0.3, -0.25) is 0 Å². The van der Waals surface area contributed by atoms with Crippen LogP contribution in [0.3, 0.4) is 0 Å². The standard InChI is InChI=1S/C30H41OP/c1-5-14-24(15-6-1)28-22-13-23-29(30(28)25-16-7-2-8-17-25)32(27-20-11-4-12-21-27)31-26-18-9-3-10-19-26/h4,11-13,20-26H,1-3,5-10,14-19H2. The SMILES string of the molecule is c1ccc(P(OC2CCCCC2)c2cccc(C3CCCCC3)c2C2CCCCC2)cc1. The van der Waals surface area contributed by atoms with Gasteiger partial charge in [0.15, 0.2) is 0 Å². The first-order chi connectivity index (χ1) is 15.9. The van der Waals surface area contributed by atoms with Crippen LogP contribution in [0.5, 0.6) is 0 Å². The van der Waals surface area contributed by atoms with Crippen molar-refractivity contribution in [2.75, 3.05) is 0 Å². The molecule has 2 heteroatoms. The van der Waals surface area contributed by atoms with Crippen molar-refractivity contribution >= 4 is 18.8 Å². The first-order valence-corrected chi connectivity index (χ1v) is 14.8. The largest absolute Gasteiger partial charge is 0.346 e. The van der Waals surface area contributed by atoms with Crippen molar-refractivity contribution in [2.24, 2.45) is 0 Å². The minimum atomic E-state index is -0.757.